The lowest BCUT2D eigenvalue weighted by atomic mass is 9.90. The van der Waals surface area contributed by atoms with Crippen molar-refractivity contribution in [2.24, 2.45) is 5.92 Å². The number of piperidine rings is 1. The Bertz CT molecular complexity index is 715. The Hall–Kier alpha value is -2.46. The fraction of sp³-hybridized carbons (Fsp3) is 0.364. The summed E-state index contributed by atoms with van der Waals surface area (Å²) in [5.41, 5.74) is 1.38. The van der Waals surface area contributed by atoms with Gasteiger partial charge in [0.1, 0.15) is 0 Å². The Labute approximate surface area is 154 Å². The van der Waals surface area contributed by atoms with Crippen LogP contribution < -0.4 is 0 Å². The van der Waals surface area contributed by atoms with Gasteiger partial charge in [-0.1, -0.05) is 48.5 Å². The predicted molar refractivity (Wildman–Crippen MR) is 101 cm³/mol. The van der Waals surface area contributed by atoms with Gasteiger partial charge >= 0.3 is 5.97 Å². The van der Waals surface area contributed by atoms with E-state index in [4.69, 9.17) is 4.74 Å². The second kappa shape index (κ2) is 9.30. The van der Waals surface area contributed by atoms with E-state index < -0.39 is 0 Å². The average Bonchev–Trinajstić information content (AvgIpc) is 2.72. The summed E-state index contributed by atoms with van der Waals surface area (Å²) in [4.78, 5) is 26.8. The molecule has 26 heavy (non-hydrogen) atoms. The minimum atomic E-state index is -0.277. The maximum atomic E-state index is 12.6. The van der Waals surface area contributed by atoms with Gasteiger partial charge in [-0.05, 0) is 37.9 Å². The molecule has 0 spiro atoms. The minimum Gasteiger partial charge on any atom is -0.462 e. The number of likely N-dealkylation sites (tertiary alicyclic amines) is 1. The van der Waals surface area contributed by atoms with E-state index in [0.29, 0.717) is 12.2 Å². The minimum absolute atomic E-state index is 0.0676. The van der Waals surface area contributed by atoms with Crippen LogP contribution in [0.1, 0.15) is 40.0 Å². The number of Topliss-reactive ketones (excluding diaryl/α,β-unsaturated/α-hetero) is 1. The van der Waals surface area contributed by atoms with Crippen molar-refractivity contribution < 1.29 is 14.3 Å². The van der Waals surface area contributed by atoms with Crippen LogP contribution in [0.2, 0.25) is 0 Å². The van der Waals surface area contributed by atoms with Crippen LogP contribution >= 0.6 is 0 Å². The van der Waals surface area contributed by atoms with Crippen LogP contribution in [0.4, 0.5) is 0 Å². The Balaban J connectivity index is 1.41. The zero-order valence-corrected chi connectivity index (χ0v) is 15.0. The molecular formula is C22H25NO3. The first kappa shape index (κ1) is 18.3. The third-order valence-electron chi connectivity index (χ3n) is 4.80. The summed E-state index contributed by atoms with van der Waals surface area (Å²) in [6.45, 7) is 3.05. The predicted octanol–water partition coefficient (Wildman–Crippen LogP) is 3.83. The Morgan fingerprint density at radius 3 is 2.31 bits per heavy atom. The average molecular weight is 351 g/mol. The highest BCUT2D eigenvalue weighted by molar-refractivity contribution is 5.98. The van der Waals surface area contributed by atoms with Gasteiger partial charge in [-0.25, -0.2) is 4.79 Å². The molecule has 1 fully saturated rings. The largest absolute Gasteiger partial charge is 0.462 e. The SMILES string of the molecule is O=C(OCCCN1CCCC(C(=O)c2ccccc2)C1)c1ccccc1. The van der Waals surface area contributed by atoms with Crippen molar-refractivity contribution in [1.29, 1.82) is 0 Å². The molecule has 0 bridgehead atoms. The fourth-order valence-electron chi connectivity index (χ4n) is 3.42. The van der Waals surface area contributed by atoms with E-state index in [-0.39, 0.29) is 17.7 Å². The van der Waals surface area contributed by atoms with Gasteiger partial charge < -0.3 is 9.64 Å². The van der Waals surface area contributed by atoms with Crippen LogP contribution in [0, 0.1) is 5.92 Å². The number of esters is 1. The van der Waals surface area contributed by atoms with Crippen molar-refractivity contribution in [3.05, 3.63) is 71.8 Å². The molecule has 1 saturated heterocycles. The quantitative estimate of drug-likeness (QED) is 0.432. The summed E-state index contributed by atoms with van der Waals surface area (Å²) in [6.07, 6.45) is 2.77. The number of carbonyl (C=O) groups is 2. The normalized spacial score (nSPS) is 17.6. The molecule has 3 rings (SSSR count). The van der Waals surface area contributed by atoms with Crippen molar-refractivity contribution >= 4 is 11.8 Å². The standard InChI is InChI=1S/C22H25NO3/c24-21(18-9-3-1-4-10-18)20-13-7-14-23(17-20)15-8-16-26-22(25)19-11-5-2-6-12-19/h1-6,9-12,20H,7-8,13-17H2. The van der Waals surface area contributed by atoms with E-state index in [0.717, 1.165) is 44.5 Å². The Kier molecular flexibility index (Phi) is 6.56. The molecule has 0 saturated carbocycles. The maximum absolute atomic E-state index is 12.6. The first-order valence-electron chi connectivity index (χ1n) is 9.28. The molecule has 4 nitrogen and oxygen atoms in total. The molecule has 1 atom stereocenters. The van der Waals surface area contributed by atoms with Gasteiger partial charge in [-0.2, -0.15) is 0 Å². The molecule has 0 aromatic heterocycles. The maximum Gasteiger partial charge on any atom is 0.338 e. The first-order chi connectivity index (χ1) is 12.7. The summed E-state index contributed by atoms with van der Waals surface area (Å²) in [7, 11) is 0. The summed E-state index contributed by atoms with van der Waals surface area (Å²) in [5.74, 6) is 0.0326. The highest BCUT2D eigenvalue weighted by Gasteiger charge is 2.26. The first-order valence-corrected chi connectivity index (χ1v) is 9.28. The van der Waals surface area contributed by atoms with Gasteiger partial charge in [0.25, 0.3) is 0 Å². The van der Waals surface area contributed by atoms with E-state index in [1.807, 2.05) is 48.5 Å². The molecule has 1 aliphatic heterocycles. The number of benzene rings is 2. The van der Waals surface area contributed by atoms with Crippen LogP contribution in [0.15, 0.2) is 60.7 Å². The second-order valence-electron chi connectivity index (χ2n) is 6.73. The molecule has 1 unspecified atom stereocenters. The summed E-state index contributed by atoms with van der Waals surface area (Å²) in [6, 6.07) is 18.6. The molecule has 1 aliphatic rings. The van der Waals surface area contributed by atoms with Crippen molar-refractivity contribution in [2.45, 2.75) is 19.3 Å². The van der Waals surface area contributed by atoms with Gasteiger partial charge in [0.15, 0.2) is 5.78 Å². The molecule has 0 radical (unpaired) electrons. The number of ether oxygens (including phenoxy) is 1. The smallest absolute Gasteiger partial charge is 0.338 e. The molecule has 1 heterocycles. The summed E-state index contributed by atoms with van der Waals surface area (Å²) >= 11 is 0. The zero-order chi connectivity index (χ0) is 18.2. The zero-order valence-electron chi connectivity index (χ0n) is 15.0. The molecule has 4 heteroatoms. The number of nitrogens with zero attached hydrogens (tertiary/aromatic N) is 1. The molecule has 136 valence electrons. The van der Waals surface area contributed by atoms with Crippen molar-refractivity contribution in [3.8, 4) is 0 Å². The van der Waals surface area contributed by atoms with Gasteiger partial charge in [0.05, 0.1) is 12.2 Å². The Morgan fingerprint density at radius 2 is 1.62 bits per heavy atom. The highest BCUT2D eigenvalue weighted by atomic mass is 16.5. The fourth-order valence-corrected chi connectivity index (χ4v) is 3.42. The monoisotopic (exact) mass is 351 g/mol. The van der Waals surface area contributed by atoms with Crippen molar-refractivity contribution in [3.63, 3.8) is 0 Å². The van der Waals surface area contributed by atoms with Gasteiger partial charge in [-0.15, -0.1) is 0 Å². The molecule has 2 aromatic carbocycles. The second-order valence-corrected chi connectivity index (χ2v) is 6.73. The van der Waals surface area contributed by atoms with Gasteiger partial charge in [0, 0.05) is 24.6 Å². The number of carbonyl (C=O) groups excluding carboxylic acids is 2. The van der Waals surface area contributed by atoms with E-state index in [1.54, 1.807) is 12.1 Å². The molecule has 2 aromatic rings. The molecular weight excluding hydrogens is 326 g/mol. The van der Waals surface area contributed by atoms with Gasteiger partial charge in [0.2, 0.25) is 0 Å². The van der Waals surface area contributed by atoms with Crippen LogP contribution in [0.5, 0.6) is 0 Å². The molecule has 0 amide bonds. The van der Waals surface area contributed by atoms with Crippen LogP contribution in [-0.2, 0) is 4.74 Å². The summed E-state index contributed by atoms with van der Waals surface area (Å²) < 4.78 is 5.33. The van der Waals surface area contributed by atoms with Crippen LogP contribution in [-0.4, -0.2) is 42.9 Å². The topological polar surface area (TPSA) is 46.6 Å². The van der Waals surface area contributed by atoms with E-state index in [2.05, 4.69) is 4.90 Å². The Morgan fingerprint density at radius 1 is 0.962 bits per heavy atom. The number of ketones is 1. The van der Waals surface area contributed by atoms with Crippen LogP contribution in [0.25, 0.3) is 0 Å². The molecule has 0 N–H and O–H groups in total. The van der Waals surface area contributed by atoms with E-state index in [9.17, 15) is 9.59 Å². The molecule has 0 aliphatic carbocycles. The number of hydrogen-bond acceptors (Lipinski definition) is 4. The van der Waals surface area contributed by atoms with Crippen molar-refractivity contribution in [1.82, 2.24) is 4.90 Å². The summed E-state index contributed by atoms with van der Waals surface area (Å²) in [5, 5.41) is 0. The lowest BCUT2D eigenvalue weighted by Crippen LogP contribution is -2.39. The third-order valence-corrected chi connectivity index (χ3v) is 4.80. The highest BCUT2D eigenvalue weighted by Crippen LogP contribution is 2.21. The van der Waals surface area contributed by atoms with E-state index in [1.165, 1.54) is 0 Å². The lowest BCUT2D eigenvalue weighted by molar-refractivity contribution is 0.0480. The van der Waals surface area contributed by atoms with Crippen molar-refractivity contribution in [2.75, 3.05) is 26.2 Å². The van der Waals surface area contributed by atoms with Gasteiger partial charge in [-0.3, -0.25) is 4.79 Å². The lowest BCUT2D eigenvalue weighted by Gasteiger charge is -2.31. The number of hydrogen-bond donors (Lipinski definition) is 0. The van der Waals surface area contributed by atoms with Crippen LogP contribution in [0.3, 0.4) is 0 Å². The van der Waals surface area contributed by atoms with E-state index >= 15 is 0 Å². The number of rotatable bonds is 7. The third kappa shape index (κ3) is 5.02.